The molecule has 1 atom stereocenters. The van der Waals surface area contributed by atoms with Crippen molar-refractivity contribution in [2.24, 2.45) is 5.92 Å². The third kappa shape index (κ3) is 3.32. The Kier molecular flexibility index (Phi) is 4.18. The summed E-state index contributed by atoms with van der Waals surface area (Å²) in [6.07, 6.45) is 11.3. The molecule has 1 aliphatic rings. The third-order valence-electron chi connectivity index (χ3n) is 3.66. The van der Waals surface area contributed by atoms with Gasteiger partial charge in [0.25, 0.3) is 0 Å². The van der Waals surface area contributed by atoms with Gasteiger partial charge in [-0.05, 0) is 25.2 Å². The van der Waals surface area contributed by atoms with Crippen molar-refractivity contribution in [3.63, 3.8) is 0 Å². The molecule has 0 aliphatic heterocycles. The van der Waals surface area contributed by atoms with Gasteiger partial charge < -0.3 is 11.1 Å². The molecule has 0 bridgehead atoms. The van der Waals surface area contributed by atoms with Crippen molar-refractivity contribution >= 4 is 11.6 Å². The molecule has 0 aromatic carbocycles. The van der Waals surface area contributed by atoms with Gasteiger partial charge in [-0.15, -0.1) is 0 Å². The van der Waals surface area contributed by atoms with Gasteiger partial charge in [0.05, 0.1) is 12.4 Å². The second kappa shape index (κ2) is 5.84. The molecule has 1 aliphatic carbocycles. The van der Waals surface area contributed by atoms with E-state index in [2.05, 4.69) is 22.2 Å². The maximum Gasteiger partial charge on any atom is 0.144 e. The summed E-state index contributed by atoms with van der Waals surface area (Å²) in [5.74, 6) is 2.10. The number of nitrogens with one attached hydrogen (secondary N) is 1. The third-order valence-corrected chi connectivity index (χ3v) is 3.66. The predicted octanol–water partition coefficient (Wildman–Crippen LogP) is 2.83. The number of rotatable bonds is 4. The lowest BCUT2D eigenvalue weighted by molar-refractivity contribution is 0.312. The standard InChI is InChI=1S/C13H22N4/c1-2-11(10-6-4-3-5-7-10)17-13-9-15-12(14)8-16-13/h8-11H,2-7H2,1H3,(H2,14,15)(H,16,17). The highest BCUT2D eigenvalue weighted by atomic mass is 15.0. The quantitative estimate of drug-likeness (QED) is 0.840. The Morgan fingerprint density at radius 1 is 1.29 bits per heavy atom. The van der Waals surface area contributed by atoms with Crippen LogP contribution in [-0.4, -0.2) is 16.0 Å². The molecule has 1 fully saturated rings. The molecule has 17 heavy (non-hydrogen) atoms. The molecule has 1 aromatic rings. The molecule has 4 nitrogen and oxygen atoms in total. The number of hydrogen-bond acceptors (Lipinski definition) is 4. The number of nitrogens with zero attached hydrogens (tertiary/aromatic N) is 2. The number of anilines is 2. The lowest BCUT2D eigenvalue weighted by Gasteiger charge is -2.30. The monoisotopic (exact) mass is 234 g/mol. The second-order valence-corrected chi connectivity index (χ2v) is 4.88. The summed E-state index contributed by atoms with van der Waals surface area (Å²) in [5, 5.41) is 3.50. The highest BCUT2D eigenvalue weighted by Gasteiger charge is 2.22. The Balaban J connectivity index is 1.96. The smallest absolute Gasteiger partial charge is 0.144 e. The minimum atomic E-state index is 0.473. The van der Waals surface area contributed by atoms with Crippen LogP contribution in [0.5, 0.6) is 0 Å². The molecular formula is C13H22N4. The van der Waals surface area contributed by atoms with Crippen molar-refractivity contribution in [1.29, 1.82) is 0 Å². The van der Waals surface area contributed by atoms with Crippen LogP contribution in [0, 0.1) is 5.92 Å². The molecule has 1 saturated carbocycles. The van der Waals surface area contributed by atoms with Gasteiger partial charge in [-0.1, -0.05) is 26.2 Å². The first-order valence-electron chi connectivity index (χ1n) is 6.63. The summed E-state index contributed by atoms with van der Waals surface area (Å²) < 4.78 is 0. The first kappa shape index (κ1) is 12.1. The van der Waals surface area contributed by atoms with Crippen molar-refractivity contribution in [2.75, 3.05) is 11.1 Å². The zero-order chi connectivity index (χ0) is 12.1. The summed E-state index contributed by atoms with van der Waals surface area (Å²) in [6, 6.07) is 0.522. The van der Waals surface area contributed by atoms with Gasteiger partial charge in [-0.25, -0.2) is 9.97 Å². The zero-order valence-electron chi connectivity index (χ0n) is 10.5. The van der Waals surface area contributed by atoms with Crippen LogP contribution in [0.15, 0.2) is 12.4 Å². The lowest BCUT2D eigenvalue weighted by Crippen LogP contribution is -2.30. The highest BCUT2D eigenvalue weighted by molar-refractivity contribution is 5.37. The van der Waals surface area contributed by atoms with E-state index in [1.807, 2.05) is 0 Å². The van der Waals surface area contributed by atoms with Gasteiger partial charge in [0.1, 0.15) is 11.6 Å². The van der Waals surface area contributed by atoms with Gasteiger partial charge in [-0.2, -0.15) is 0 Å². The van der Waals surface area contributed by atoms with Crippen LogP contribution < -0.4 is 11.1 Å². The molecule has 4 heteroatoms. The molecule has 3 N–H and O–H groups in total. The number of nitrogens with two attached hydrogens (primary N) is 1. The Labute approximate surface area is 103 Å². The summed E-state index contributed by atoms with van der Waals surface area (Å²) >= 11 is 0. The average Bonchev–Trinajstić information content (AvgIpc) is 2.39. The summed E-state index contributed by atoms with van der Waals surface area (Å²) in [6.45, 7) is 2.23. The van der Waals surface area contributed by atoms with E-state index in [1.54, 1.807) is 12.4 Å². The molecule has 1 heterocycles. The van der Waals surface area contributed by atoms with Crippen LogP contribution in [0.1, 0.15) is 45.4 Å². The molecule has 0 spiro atoms. The van der Waals surface area contributed by atoms with E-state index in [-0.39, 0.29) is 0 Å². The normalized spacial score (nSPS) is 18.9. The molecule has 1 aromatic heterocycles. The van der Waals surface area contributed by atoms with E-state index in [0.29, 0.717) is 11.9 Å². The maximum absolute atomic E-state index is 5.53. The molecule has 0 amide bonds. The van der Waals surface area contributed by atoms with E-state index in [4.69, 9.17) is 5.73 Å². The van der Waals surface area contributed by atoms with E-state index in [1.165, 1.54) is 32.1 Å². The van der Waals surface area contributed by atoms with Crippen molar-refractivity contribution in [2.45, 2.75) is 51.5 Å². The Morgan fingerprint density at radius 2 is 2.06 bits per heavy atom. The van der Waals surface area contributed by atoms with Crippen LogP contribution >= 0.6 is 0 Å². The van der Waals surface area contributed by atoms with Gasteiger partial charge >= 0.3 is 0 Å². The summed E-state index contributed by atoms with van der Waals surface area (Å²) in [5.41, 5.74) is 5.53. The van der Waals surface area contributed by atoms with Gasteiger partial charge in [0.2, 0.25) is 0 Å². The first-order valence-corrected chi connectivity index (χ1v) is 6.63. The number of hydrogen-bond donors (Lipinski definition) is 2. The van der Waals surface area contributed by atoms with Crippen molar-refractivity contribution in [3.05, 3.63) is 12.4 Å². The van der Waals surface area contributed by atoms with Crippen molar-refractivity contribution in [1.82, 2.24) is 9.97 Å². The fourth-order valence-corrected chi connectivity index (χ4v) is 2.69. The Morgan fingerprint density at radius 3 is 2.65 bits per heavy atom. The lowest BCUT2D eigenvalue weighted by atomic mass is 9.83. The highest BCUT2D eigenvalue weighted by Crippen LogP contribution is 2.29. The minimum absolute atomic E-state index is 0.473. The fraction of sp³-hybridized carbons (Fsp3) is 0.692. The molecule has 0 radical (unpaired) electrons. The van der Waals surface area contributed by atoms with E-state index >= 15 is 0 Å². The molecule has 0 saturated heterocycles. The van der Waals surface area contributed by atoms with Crippen LogP contribution in [0.3, 0.4) is 0 Å². The zero-order valence-corrected chi connectivity index (χ0v) is 10.5. The Hall–Kier alpha value is -1.32. The number of aromatic nitrogens is 2. The van der Waals surface area contributed by atoms with Gasteiger partial charge in [0.15, 0.2) is 0 Å². The topological polar surface area (TPSA) is 63.8 Å². The van der Waals surface area contributed by atoms with E-state index in [0.717, 1.165) is 18.2 Å². The predicted molar refractivity (Wildman–Crippen MR) is 70.7 cm³/mol. The van der Waals surface area contributed by atoms with Crippen molar-refractivity contribution in [3.8, 4) is 0 Å². The molecule has 2 rings (SSSR count). The van der Waals surface area contributed by atoms with Crippen LogP contribution in [0.2, 0.25) is 0 Å². The minimum Gasteiger partial charge on any atom is -0.382 e. The van der Waals surface area contributed by atoms with Gasteiger partial charge in [0, 0.05) is 6.04 Å². The molecule has 1 unspecified atom stereocenters. The van der Waals surface area contributed by atoms with Gasteiger partial charge in [-0.3, -0.25) is 0 Å². The first-order chi connectivity index (χ1) is 8.29. The molecule has 94 valence electrons. The largest absolute Gasteiger partial charge is 0.382 e. The van der Waals surface area contributed by atoms with E-state index < -0.39 is 0 Å². The fourth-order valence-electron chi connectivity index (χ4n) is 2.69. The van der Waals surface area contributed by atoms with Crippen LogP contribution in [-0.2, 0) is 0 Å². The van der Waals surface area contributed by atoms with E-state index in [9.17, 15) is 0 Å². The maximum atomic E-state index is 5.53. The summed E-state index contributed by atoms with van der Waals surface area (Å²) in [7, 11) is 0. The SMILES string of the molecule is CCC(Nc1cnc(N)cn1)C1CCCCC1. The van der Waals surface area contributed by atoms with Crippen LogP contribution in [0.25, 0.3) is 0 Å². The molecular weight excluding hydrogens is 212 g/mol. The van der Waals surface area contributed by atoms with Crippen LogP contribution in [0.4, 0.5) is 11.6 Å². The Bertz CT molecular complexity index is 330. The summed E-state index contributed by atoms with van der Waals surface area (Å²) in [4.78, 5) is 8.33. The average molecular weight is 234 g/mol. The number of nitrogen functional groups attached to an aromatic ring is 1. The second-order valence-electron chi connectivity index (χ2n) is 4.88. The van der Waals surface area contributed by atoms with Crippen molar-refractivity contribution < 1.29 is 0 Å².